The SMILES string of the molecule is CC(NS(=O)(=O)c1ccc(Cl)cc1N)c1ccc(Br)cc1. The van der Waals surface area contributed by atoms with Crippen molar-refractivity contribution in [1.29, 1.82) is 0 Å². The Bertz CT molecular complexity index is 748. The van der Waals surface area contributed by atoms with Crippen molar-refractivity contribution in [2.24, 2.45) is 0 Å². The van der Waals surface area contributed by atoms with Crippen molar-refractivity contribution in [1.82, 2.24) is 4.72 Å². The summed E-state index contributed by atoms with van der Waals surface area (Å²) in [7, 11) is -3.71. The van der Waals surface area contributed by atoms with Gasteiger partial charge < -0.3 is 5.73 Å². The van der Waals surface area contributed by atoms with E-state index in [9.17, 15) is 8.42 Å². The van der Waals surface area contributed by atoms with Gasteiger partial charge in [0.25, 0.3) is 0 Å². The number of nitrogens with one attached hydrogen (secondary N) is 1. The van der Waals surface area contributed by atoms with Gasteiger partial charge in [-0.3, -0.25) is 0 Å². The monoisotopic (exact) mass is 388 g/mol. The van der Waals surface area contributed by atoms with Gasteiger partial charge in [-0.25, -0.2) is 13.1 Å². The molecule has 2 rings (SSSR count). The summed E-state index contributed by atoms with van der Waals surface area (Å²) in [5, 5.41) is 0.396. The van der Waals surface area contributed by atoms with E-state index in [2.05, 4.69) is 20.7 Å². The summed E-state index contributed by atoms with van der Waals surface area (Å²) in [5.41, 5.74) is 6.71. The third kappa shape index (κ3) is 3.97. The van der Waals surface area contributed by atoms with Gasteiger partial charge in [-0.15, -0.1) is 0 Å². The summed E-state index contributed by atoms with van der Waals surface area (Å²) in [6.07, 6.45) is 0. The van der Waals surface area contributed by atoms with Gasteiger partial charge in [0.05, 0.1) is 5.69 Å². The van der Waals surface area contributed by atoms with Crippen molar-refractivity contribution in [3.8, 4) is 0 Å². The number of hydrogen-bond donors (Lipinski definition) is 2. The molecule has 2 aromatic rings. The molecular formula is C14H14BrClN2O2S. The molecule has 0 saturated carbocycles. The van der Waals surface area contributed by atoms with Crippen molar-refractivity contribution >= 4 is 43.2 Å². The Kier molecular flexibility index (Phi) is 4.93. The van der Waals surface area contributed by atoms with E-state index in [4.69, 9.17) is 17.3 Å². The molecule has 0 bridgehead atoms. The molecule has 0 aromatic heterocycles. The second kappa shape index (κ2) is 6.36. The predicted octanol–water partition coefficient (Wildman–Crippen LogP) is 3.72. The van der Waals surface area contributed by atoms with E-state index in [1.807, 2.05) is 24.3 Å². The summed E-state index contributed by atoms with van der Waals surface area (Å²) in [6, 6.07) is 11.3. The molecule has 0 saturated heterocycles. The molecule has 1 atom stereocenters. The summed E-state index contributed by atoms with van der Waals surface area (Å²) in [6.45, 7) is 1.77. The highest BCUT2D eigenvalue weighted by molar-refractivity contribution is 9.10. The van der Waals surface area contributed by atoms with Crippen LogP contribution in [0, 0.1) is 0 Å². The van der Waals surface area contributed by atoms with Gasteiger partial charge in [-0.2, -0.15) is 0 Å². The molecule has 0 radical (unpaired) electrons. The molecule has 0 fully saturated rings. The van der Waals surface area contributed by atoms with E-state index < -0.39 is 10.0 Å². The Morgan fingerprint density at radius 2 is 1.81 bits per heavy atom. The number of benzene rings is 2. The van der Waals surface area contributed by atoms with E-state index in [1.165, 1.54) is 18.2 Å². The van der Waals surface area contributed by atoms with Crippen LogP contribution in [0.2, 0.25) is 5.02 Å². The fourth-order valence-electron chi connectivity index (χ4n) is 1.88. The Morgan fingerprint density at radius 3 is 2.38 bits per heavy atom. The molecule has 0 aliphatic rings. The van der Waals surface area contributed by atoms with Crippen LogP contribution in [0.1, 0.15) is 18.5 Å². The van der Waals surface area contributed by atoms with Crippen LogP contribution in [0.3, 0.4) is 0 Å². The second-order valence-electron chi connectivity index (χ2n) is 4.58. The van der Waals surface area contributed by atoms with E-state index in [1.54, 1.807) is 6.92 Å². The van der Waals surface area contributed by atoms with Crippen LogP contribution in [-0.2, 0) is 10.0 Å². The first-order chi connectivity index (χ1) is 9.79. The summed E-state index contributed by atoms with van der Waals surface area (Å²) < 4.78 is 28.3. The molecule has 0 heterocycles. The molecule has 7 heteroatoms. The van der Waals surface area contributed by atoms with Gasteiger partial charge >= 0.3 is 0 Å². The van der Waals surface area contributed by atoms with Gasteiger partial charge in [0.2, 0.25) is 10.0 Å². The zero-order valence-corrected chi connectivity index (χ0v) is 14.3. The van der Waals surface area contributed by atoms with Gasteiger partial charge in [0, 0.05) is 15.5 Å². The highest BCUT2D eigenvalue weighted by atomic mass is 79.9. The number of anilines is 1. The summed E-state index contributed by atoms with van der Waals surface area (Å²) in [4.78, 5) is 0.0239. The Labute approximate surface area is 137 Å². The standard InChI is InChI=1S/C14H14BrClN2O2S/c1-9(10-2-4-11(15)5-3-10)18-21(19,20)14-7-6-12(16)8-13(14)17/h2-9,18H,17H2,1H3. The first-order valence-electron chi connectivity index (χ1n) is 6.12. The van der Waals surface area contributed by atoms with Crippen molar-refractivity contribution in [3.05, 3.63) is 57.5 Å². The van der Waals surface area contributed by atoms with Gasteiger partial charge in [0.15, 0.2) is 0 Å². The number of hydrogen-bond acceptors (Lipinski definition) is 3. The second-order valence-corrected chi connectivity index (χ2v) is 7.61. The van der Waals surface area contributed by atoms with Crippen molar-refractivity contribution in [2.45, 2.75) is 17.9 Å². The van der Waals surface area contributed by atoms with E-state index in [-0.39, 0.29) is 16.6 Å². The molecule has 1 unspecified atom stereocenters. The number of sulfonamides is 1. The van der Waals surface area contributed by atoms with Gasteiger partial charge in [-0.1, -0.05) is 39.7 Å². The Morgan fingerprint density at radius 1 is 1.19 bits per heavy atom. The quantitative estimate of drug-likeness (QED) is 0.783. The molecule has 21 heavy (non-hydrogen) atoms. The van der Waals surface area contributed by atoms with Gasteiger partial charge in [0.1, 0.15) is 4.90 Å². The summed E-state index contributed by atoms with van der Waals surface area (Å²) in [5.74, 6) is 0. The van der Waals surface area contributed by atoms with E-state index in [0.29, 0.717) is 5.02 Å². The number of rotatable bonds is 4. The molecule has 0 aliphatic heterocycles. The average molecular weight is 390 g/mol. The van der Waals surface area contributed by atoms with E-state index in [0.717, 1.165) is 10.0 Å². The minimum Gasteiger partial charge on any atom is -0.398 e. The molecule has 4 nitrogen and oxygen atoms in total. The highest BCUT2D eigenvalue weighted by Crippen LogP contribution is 2.24. The van der Waals surface area contributed by atoms with Crippen LogP contribution in [0.25, 0.3) is 0 Å². The fraction of sp³-hybridized carbons (Fsp3) is 0.143. The third-order valence-electron chi connectivity index (χ3n) is 2.96. The zero-order chi connectivity index (χ0) is 15.6. The minimum atomic E-state index is -3.71. The number of halogens is 2. The maximum Gasteiger partial charge on any atom is 0.243 e. The van der Waals surface area contributed by atoms with Crippen LogP contribution in [0.4, 0.5) is 5.69 Å². The van der Waals surface area contributed by atoms with Crippen LogP contribution in [0.5, 0.6) is 0 Å². The molecule has 0 amide bonds. The lowest BCUT2D eigenvalue weighted by Crippen LogP contribution is -2.27. The predicted molar refractivity (Wildman–Crippen MR) is 88.7 cm³/mol. The molecule has 2 aromatic carbocycles. The van der Waals surface area contributed by atoms with E-state index >= 15 is 0 Å². The smallest absolute Gasteiger partial charge is 0.243 e. The zero-order valence-electron chi connectivity index (χ0n) is 11.2. The Hall–Kier alpha value is -1.08. The first kappa shape index (κ1) is 16.3. The highest BCUT2D eigenvalue weighted by Gasteiger charge is 2.20. The van der Waals surface area contributed by atoms with Gasteiger partial charge in [-0.05, 0) is 42.8 Å². The Balaban J connectivity index is 2.26. The molecule has 0 aliphatic carbocycles. The van der Waals surface area contributed by atoms with Crippen LogP contribution >= 0.6 is 27.5 Å². The molecule has 3 N–H and O–H groups in total. The third-order valence-corrected chi connectivity index (χ3v) is 5.34. The average Bonchev–Trinajstić information content (AvgIpc) is 2.38. The number of nitrogen functional groups attached to an aromatic ring is 1. The largest absolute Gasteiger partial charge is 0.398 e. The fourth-order valence-corrected chi connectivity index (χ4v) is 3.67. The lowest BCUT2D eigenvalue weighted by atomic mass is 10.1. The van der Waals surface area contributed by atoms with Crippen molar-refractivity contribution in [3.63, 3.8) is 0 Å². The number of nitrogens with two attached hydrogens (primary N) is 1. The minimum absolute atomic E-state index is 0.0239. The van der Waals surface area contributed by atoms with Crippen LogP contribution in [0.15, 0.2) is 51.8 Å². The van der Waals surface area contributed by atoms with Crippen molar-refractivity contribution < 1.29 is 8.42 Å². The molecular weight excluding hydrogens is 376 g/mol. The first-order valence-corrected chi connectivity index (χ1v) is 8.78. The maximum atomic E-state index is 12.4. The lowest BCUT2D eigenvalue weighted by molar-refractivity contribution is 0.567. The van der Waals surface area contributed by atoms with Crippen LogP contribution in [-0.4, -0.2) is 8.42 Å². The molecule has 112 valence electrons. The van der Waals surface area contributed by atoms with Crippen LogP contribution < -0.4 is 10.5 Å². The maximum absolute atomic E-state index is 12.4. The molecule has 0 spiro atoms. The lowest BCUT2D eigenvalue weighted by Gasteiger charge is -2.16. The normalized spacial score (nSPS) is 13.1. The summed E-state index contributed by atoms with van der Waals surface area (Å²) >= 11 is 9.13. The van der Waals surface area contributed by atoms with Crippen molar-refractivity contribution in [2.75, 3.05) is 5.73 Å². The topological polar surface area (TPSA) is 72.2 Å².